The molecule has 2 rings (SSSR count). The van der Waals surface area contributed by atoms with Gasteiger partial charge in [-0.3, -0.25) is 5.41 Å². The molecule has 15 heavy (non-hydrogen) atoms. The Morgan fingerprint density at radius 1 is 1.40 bits per heavy atom. The highest BCUT2D eigenvalue weighted by atomic mass is 35.5. The summed E-state index contributed by atoms with van der Waals surface area (Å²) in [6.07, 6.45) is 0. The van der Waals surface area contributed by atoms with Gasteiger partial charge in [0.05, 0.1) is 10.7 Å². The lowest BCUT2D eigenvalue weighted by atomic mass is 10.1. The number of nitrogens with zero attached hydrogens (tertiary/aromatic N) is 1. The molecule has 1 saturated heterocycles. The summed E-state index contributed by atoms with van der Waals surface area (Å²) in [6.45, 7) is 5.67. The minimum absolute atomic E-state index is 0.434. The molecule has 0 aliphatic carbocycles. The Kier molecular flexibility index (Phi) is 2.57. The maximum atomic E-state index is 7.75. The Balaban J connectivity index is 2.47. The van der Waals surface area contributed by atoms with Crippen molar-refractivity contribution in [3.63, 3.8) is 0 Å². The highest BCUT2D eigenvalue weighted by Crippen LogP contribution is 2.31. The van der Waals surface area contributed by atoms with Crippen molar-refractivity contribution in [1.82, 2.24) is 5.32 Å². The van der Waals surface area contributed by atoms with E-state index < -0.39 is 0 Å². The smallest absolute Gasteiger partial charge is 0.195 e. The Labute approximate surface area is 94.5 Å². The molecule has 1 aliphatic heterocycles. The lowest BCUT2D eigenvalue weighted by Crippen LogP contribution is -2.29. The largest absolute Gasteiger partial charge is 0.354 e. The zero-order valence-corrected chi connectivity index (χ0v) is 9.65. The average Bonchev–Trinajstić information content (AvgIpc) is 2.50. The van der Waals surface area contributed by atoms with Gasteiger partial charge in [0, 0.05) is 13.1 Å². The topological polar surface area (TPSA) is 39.1 Å². The highest BCUT2D eigenvalue weighted by Gasteiger charge is 2.21. The van der Waals surface area contributed by atoms with Crippen LogP contribution < -0.4 is 10.2 Å². The first-order valence-electron chi connectivity index (χ1n) is 4.96. The van der Waals surface area contributed by atoms with E-state index in [1.807, 2.05) is 24.8 Å². The van der Waals surface area contributed by atoms with Crippen molar-refractivity contribution in [2.45, 2.75) is 13.8 Å². The van der Waals surface area contributed by atoms with Crippen molar-refractivity contribution >= 4 is 23.2 Å². The van der Waals surface area contributed by atoms with E-state index in [4.69, 9.17) is 17.0 Å². The van der Waals surface area contributed by atoms with Crippen LogP contribution in [0.5, 0.6) is 0 Å². The van der Waals surface area contributed by atoms with Crippen LogP contribution >= 0.6 is 11.6 Å². The molecule has 0 aromatic heterocycles. The van der Waals surface area contributed by atoms with Crippen molar-refractivity contribution in [1.29, 1.82) is 5.41 Å². The third kappa shape index (κ3) is 1.79. The Hall–Kier alpha value is -1.22. The van der Waals surface area contributed by atoms with E-state index in [0.29, 0.717) is 5.96 Å². The number of benzene rings is 1. The zero-order chi connectivity index (χ0) is 11.0. The van der Waals surface area contributed by atoms with Gasteiger partial charge in [0.1, 0.15) is 0 Å². The van der Waals surface area contributed by atoms with E-state index in [1.165, 1.54) is 0 Å². The molecule has 0 atom stereocenters. The van der Waals surface area contributed by atoms with Crippen LogP contribution in [0.15, 0.2) is 12.1 Å². The number of rotatable bonds is 1. The summed E-state index contributed by atoms with van der Waals surface area (Å²) < 4.78 is 0. The fourth-order valence-corrected chi connectivity index (χ4v) is 2.39. The molecule has 3 nitrogen and oxygen atoms in total. The van der Waals surface area contributed by atoms with Gasteiger partial charge in [0.25, 0.3) is 0 Å². The number of halogens is 1. The fourth-order valence-electron chi connectivity index (χ4n) is 1.97. The number of anilines is 1. The molecular weight excluding hydrogens is 210 g/mol. The number of aryl methyl sites for hydroxylation is 2. The van der Waals surface area contributed by atoms with Gasteiger partial charge in [-0.2, -0.15) is 0 Å². The normalized spacial score (nSPS) is 15.7. The van der Waals surface area contributed by atoms with Crippen LogP contribution in [0.2, 0.25) is 5.02 Å². The predicted molar refractivity (Wildman–Crippen MR) is 64.0 cm³/mol. The first-order valence-corrected chi connectivity index (χ1v) is 5.34. The van der Waals surface area contributed by atoms with Crippen molar-refractivity contribution in [2.24, 2.45) is 0 Å². The maximum Gasteiger partial charge on any atom is 0.195 e. The van der Waals surface area contributed by atoms with Gasteiger partial charge in [-0.25, -0.2) is 0 Å². The quantitative estimate of drug-likeness (QED) is 0.767. The summed E-state index contributed by atoms with van der Waals surface area (Å²) >= 11 is 6.21. The molecule has 1 heterocycles. The standard InChI is InChI=1S/C11H14ClN3/c1-7-5-8(2)10(9(12)6-7)15-4-3-14-11(15)13/h5-6H,3-4H2,1-2H3,(H2,13,14). The van der Waals surface area contributed by atoms with Crippen LogP contribution in [0.1, 0.15) is 11.1 Å². The molecule has 1 aliphatic rings. The maximum absolute atomic E-state index is 7.75. The molecule has 80 valence electrons. The van der Waals surface area contributed by atoms with Crippen LogP contribution in [0.4, 0.5) is 5.69 Å². The van der Waals surface area contributed by atoms with Crippen LogP contribution in [0.25, 0.3) is 0 Å². The van der Waals surface area contributed by atoms with E-state index >= 15 is 0 Å². The van der Waals surface area contributed by atoms with Crippen LogP contribution in [-0.2, 0) is 0 Å². The predicted octanol–water partition coefficient (Wildman–Crippen LogP) is 2.30. The monoisotopic (exact) mass is 223 g/mol. The SMILES string of the molecule is Cc1cc(C)c(N2CCNC2=N)c(Cl)c1. The minimum Gasteiger partial charge on any atom is -0.354 e. The van der Waals surface area contributed by atoms with E-state index in [-0.39, 0.29) is 0 Å². The van der Waals surface area contributed by atoms with Gasteiger partial charge in [0.2, 0.25) is 0 Å². The molecule has 1 fully saturated rings. The number of guanidine groups is 1. The average molecular weight is 224 g/mol. The Morgan fingerprint density at radius 2 is 2.13 bits per heavy atom. The molecule has 1 aromatic carbocycles. The summed E-state index contributed by atoms with van der Waals surface area (Å²) in [4.78, 5) is 1.91. The molecule has 1 aromatic rings. The minimum atomic E-state index is 0.434. The fraction of sp³-hybridized carbons (Fsp3) is 0.364. The van der Waals surface area contributed by atoms with Gasteiger partial charge < -0.3 is 10.2 Å². The van der Waals surface area contributed by atoms with Crippen molar-refractivity contribution in [3.05, 3.63) is 28.3 Å². The van der Waals surface area contributed by atoms with E-state index in [1.54, 1.807) is 0 Å². The summed E-state index contributed by atoms with van der Waals surface area (Å²) in [6, 6.07) is 4.03. The molecule has 0 bridgehead atoms. The van der Waals surface area contributed by atoms with Crippen LogP contribution in [0, 0.1) is 19.3 Å². The van der Waals surface area contributed by atoms with Crippen LogP contribution in [0.3, 0.4) is 0 Å². The number of hydrogen-bond donors (Lipinski definition) is 2. The van der Waals surface area contributed by atoms with Gasteiger partial charge in [0.15, 0.2) is 5.96 Å². The van der Waals surface area contributed by atoms with E-state index in [0.717, 1.165) is 34.9 Å². The van der Waals surface area contributed by atoms with Gasteiger partial charge >= 0.3 is 0 Å². The highest BCUT2D eigenvalue weighted by molar-refractivity contribution is 6.34. The number of nitrogens with one attached hydrogen (secondary N) is 2. The summed E-state index contributed by atoms with van der Waals surface area (Å²) in [5.74, 6) is 0.434. The molecule has 2 N–H and O–H groups in total. The summed E-state index contributed by atoms with van der Waals surface area (Å²) in [5.41, 5.74) is 3.23. The second-order valence-electron chi connectivity index (χ2n) is 3.84. The Bertz CT molecular complexity index is 391. The molecular formula is C11H14ClN3. The van der Waals surface area contributed by atoms with Crippen molar-refractivity contribution < 1.29 is 0 Å². The van der Waals surface area contributed by atoms with Gasteiger partial charge in [-0.15, -0.1) is 0 Å². The molecule has 0 amide bonds. The van der Waals surface area contributed by atoms with E-state index in [2.05, 4.69) is 11.4 Å². The first-order chi connectivity index (χ1) is 7.09. The third-order valence-electron chi connectivity index (χ3n) is 2.57. The lowest BCUT2D eigenvalue weighted by molar-refractivity contribution is 0.971. The number of hydrogen-bond acceptors (Lipinski definition) is 1. The Morgan fingerprint density at radius 3 is 2.67 bits per heavy atom. The third-order valence-corrected chi connectivity index (χ3v) is 2.85. The van der Waals surface area contributed by atoms with Gasteiger partial charge in [-0.1, -0.05) is 17.7 Å². The summed E-state index contributed by atoms with van der Waals surface area (Å²) in [7, 11) is 0. The van der Waals surface area contributed by atoms with Crippen LogP contribution in [-0.4, -0.2) is 19.0 Å². The molecule has 0 unspecified atom stereocenters. The molecule has 0 saturated carbocycles. The zero-order valence-electron chi connectivity index (χ0n) is 8.89. The van der Waals surface area contributed by atoms with E-state index in [9.17, 15) is 0 Å². The lowest BCUT2D eigenvalue weighted by Gasteiger charge is -2.20. The summed E-state index contributed by atoms with van der Waals surface area (Å²) in [5, 5.41) is 11.5. The molecule has 0 spiro atoms. The second-order valence-corrected chi connectivity index (χ2v) is 4.25. The molecule has 4 heteroatoms. The molecule has 0 radical (unpaired) electrons. The van der Waals surface area contributed by atoms with Gasteiger partial charge in [-0.05, 0) is 31.0 Å². The van der Waals surface area contributed by atoms with Crippen molar-refractivity contribution in [2.75, 3.05) is 18.0 Å². The van der Waals surface area contributed by atoms with Crippen molar-refractivity contribution in [3.8, 4) is 0 Å². The second kappa shape index (κ2) is 3.74. The first kappa shape index (κ1) is 10.3.